The number of hydrogen-bond acceptors (Lipinski definition) is 3. The third kappa shape index (κ3) is 2.03. The van der Waals surface area contributed by atoms with Crippen LogP contribution in [0.15, 0.2) is 24.3 Å². The minimum atomic E-state index is -0.238. The fraction of sp³-hybridized carbons (Fsp3) is 0.273. The van der Waals surface area contributed by atoms with E-state index in [4.69, 9.17) is 5.73 Å². The zero-order chi connectivity index (χ0) is 11.5. The molecule has 2 aromatic rings. The Morgan fingerprint density at radius 1 is 1.31 bits per heavy atom. The van der Waals surface area contributed by atoms with Crippen molar-refractivity contribution < 1.29 is 4.39 Å². The number of nitrogens with zero attached hydrogens (tertiary/aromatic N) is 3. The van der Waals surface area contributed by atoms with Gasteiger partial charge in [0.1, 0.15) is 5.82 Å². The first-order chi connectivity index (χ1) is 7.70. The van der Waals surface area contributed by atoms with Crippen LogP contribution in [0.25, 0.3) is 0 Å². The topological polar surface area (TPSA) is 56.7 Å². The number of nitrogen functional groups attached to an aromatic ring is 1. The van der Waals surface area contributed by atoms with Crippen molar-refractivity contribution in [1.29, 1.82) is 0 Å². The molecule has 0 atom stereocenters. The Kier molecular flexibility index (Phi) is 2.85. The molecule has 0 saturated carbocycles. The Labute approximate surface area is 92.9 Å². The van der Waals surface area contributed by atoms with Crippen LogP contribution in [-0.4, -0.2) is 15.0 Å². The second-order valence-electron chi connectivity index (χ2n) is 3.56. The molecule has 1 aromatic carbocycles. The van der Waals surface area contributed by atoms with Gasteiger partial charge < -0.3 is 5.73 Å². The van der Waals surface area contributed by atoms with Crippen LogP contribution < -0.4 is 5.73 Å². The lowest BCUT2D eigenvalue weighted by molar-refractivity contribution is 0.612. The van der Waals surface area contributed by atoms with E-state index in [0.29, 0.717) is 12.4 Å². The molecule has 5 heteroatoms. The minimum absolute atomic E-state index is 0.238. The lowest BCUT2D eigenvalue weighted by Gasteiger charge is -2.04. The van der Waals surface area contributed by atoms with Gasteiger partial charge in [0.2, 0.25) is 0 Å². The molecule has 1 heterocycles. The van der Waals surface area contributed by atoms with Gasteiger partial charge >= 0.3 is 0 Å². The van der Waals surface area contributed by atoms with Gasteiger partial charge in [-0.3, -0.25) is 0 Å². The summed E-state index contributed by atoms with van der Waals surface area (Å²) in [7, 11) is 0. The fourth-order valence-corrected chi connectivity index (χ4v) is 1.60. The number of aromatic nitrogens is 3. The van der Waals surface area contributed by atoms with Crippen molar-refractivity contribution in [2.75, 3.05) is 5.73 Å². The van der Waals surface area contributed by atoms with Crippen molar-refractivity contribution in [1.82, 2.24) is 15.0 Å². The van der Waals surface area contributed by atoms with Crippen LogP contribution in [0.2, 0.25) is 0 Å². The summed E-state index contributed by atoms with van der Waals surface area (Å²) in [5.41, 5.74) is 7.56. The quantitative estimate of drug-likeness (QED) is 0.854. The largest absolute Gasteiger partial charge is 0.381 e. The highest BCUT2D eigenvalue weighted by Crippen LogP contribution is 2.11. The molecule has 0 amide bonds. The van der Waals surface area contributed by atoms with Crippen molar-refractivity contribution in [3.8, 4) is 0 Å². The molecule has 0 aliphatic carbocycles. The third-order valence-electron chi connectivity index (χ3n) is 2.45. The van der Waals surface area contributed by atoms with Gasteiger partial charge in [0.05, 0.1) is 12.2 Å². The second-order valence-corrected chi connectivity index (χ2v) is 3.56. The number of rotatable bonds is 3. The molecule has 0 saturated heterocycles. The van der Waals surface area contributed by atoms with Crippen molar-refractivity contribution >= 4 is 5.82 Å². The van der Waals surface area contributed by atoms with Crippen LogP contribution in [0.4, 0.5) is 10.2 Å². The highest BCUT2D eigenvalue weighted by atomic mass is 19.1. The Morgan fingerprint density at radius 2 is 2.00 bits per heavy atom. The molecule has 4 nitrogen and oxygen atoms in total. The molecule has 0 aliphatic rings. The number of nitrogens with two attached hydrogens (primary N) is 1. The van der Waals surface area contributed by atoms with Crippen molar-refractivity contribution in [2.24, 2.45) is 0 Å². The van der Waals surface area contributed by atoms with Crippen molar-refractivity contribution in [3.05, 3.63) is 41.3 Å². The average molecular weight is 220 g/mol. The summed E-state index contributed by atoms with van der Waals surface area (Å²) < 4.78 is 14.5. The Bertz CT molecular complexity index is 475. The van der Waals surface area contributed by atoms with Gasteiger partial charge in [-0.25, -0.2) is 9.07 Å². The summed E-state index contributed by atoms with van der Waals surface area (Å²) in [5.74, 6) is 0.224. The molecule has 0 aliphatic heterocycles. The summed E-state index contributed by atoms with van der Waals surface area (Å²) in [6.07, 6.45) is 0.778. The molecule has 0 unspecified atom stereocenters. The highest BCUT2D eigenvalue weighted by molar-refractivity contribution is 5.33. The summed E-state index contributed by atoms with van der Waals surface area (Å²) in [4.78, 5) is 0. The monoisotopic (exact) mass is 220 g/mol. The van der Waals surface area contributed by atoms with Crippen LogP contribution in [0, 0.1) is 5.82 Å². The molecule has 1 aromatic heterocycles. The normalized spacial score (nSPS) is 10.6. The van der Waals surface area contributed by atoms with E-state index >= 15 is 0 Å². The molecule has 16 heavy (non-hydrogen) atoms. The van der Waals surface area contributed by atoms with Gasteiger partial charge in [-0.05, 0) is 24.1 Å². The van der Waals surface area contributed by atoms with Gasteiger partial charge in [-0.2, -0.15) is 0 Å². The van der Waals surface area contributed by atoms with Crippen molar-refractivity contribution in [2.45, 2.75) is 19.9 Å². The Morgan fingerprint density at radius 3 is 2.62 bits per heavy atom. The van der Waals surface area contributed by atoms with Crippen LogP contribution in [0.1, 0.15) is 18.2 Å². The van der Waals surface area contributed by atoms with Gasteiger partial charge in [-0.1, -0.05) is 24.3 Å². The number of benzene rings is 1. The number of halogens is 1. The van der Waals surface area contributed by atoms with Gasteiger partial charge in [-0.15, -0.1) is 5.10 Å². The second kappa shape index (κ2) is 4.30. The van der Waals surface area contributed by atoms with Crippen LogP contribution in [0.5, 0.6) is 0 Å². The molecule has 0 fully saturated rings. The fourth-order valence-electron chi connectivity index (χ4n) is 1.60. The summed E-state index contributed by atoms with van der Waals surface area (Å²) in [6.45, 7) is 2.56. The predicted molar refractivity (Wildman–Crippen MR) is 59.3 cm³/mol. The third-order valence-corrected chi connectivity index (χ3v) is 2.45. The standard InChI is InChI=1S/C11H13FN4/c1-2-10-11(13)14-15-16(10)7-8-3-5-9(12)6-4-8/h3-6H,2,7,13H2,1H3. The van der Waals surface area contributed by atoms with E-state index in [-0.39, 0.29) is 5.82 Å². The highest BCUT2D eigenvalue weighted by Gasteiger charge is 2.07. The zero-order valence-corrected chi connectivity index (χ0v) is 9.02. The van der Waals surface area contributed by atoms with E-state index in [1.54, 1.807) is 16.8 Å². The van der Waals surface area contributed by atoms with E-state index in [1.165, 1.54) is 12.1 Å². The van der Waals surface area contributed by atoms with E-state index in [9.17, 15) is 4.39 Å². The van der Waals surface area contributed by atoms with Gasteiger partial charge in [0.25, 0.3) is 0 Å². The lowest BCUT2D eigenvalue weighted by atomic mass is 10.2. The molecular weight excluding hydrogens is 207 g/mol. The van der Waals surface area contributed by atoms with E-state index < -0.39 is 0 Å². The molecule has 2 N–H and O–H groups in total. The van der Waals surface area contributed by atoms with Crippen LogP contribution in [-0.2, 0) is 13.0 Å². The van der Waals surface area contributed by atoms with E-state index in [1.807, 2.05) is 6.92 Å². The number of anilines is 1. The van der Waals surface area contributed by atoms with E-state index in [0.717, 1.165) is 17.7 Å². The minimum Gasteiger partial charge on any atom is -0.381 e. The molecule has 2 rings (SSSR count). The molecule has 0 spiro atoms. The first-order valence-corrected chi connectivity index (χ1v) is 5.13. The summed E-state index contributed by atoms with van der Waals surface area (Å²) in [5, 5.41) is 7.77. The molecular formula is C11H13FN4. The Balaban J connectivity index is 2.23. The first-order valence-electron chi connectivity index (χ1n) is 5.13. The average Bonchev–Trinajstić information content (AvgIpc) is 2.63. The van der Waals surface area contributed by atoms with Gasteiger partial charge in [0, 0.05) is 0 Å². The maximum atomic E-state index is 12.7. The van der Waals surface area contributed by atoms with Crippen molar-refractivity contribution in [3.63, 3.8) is 0 Å². The maximum absolute atomic E-state index is 12.7. The lowest BCUT2D eigenvalue weighted by Crippen LogP contribution is -2.06. The molecule has 84 valence electrons. The molecule has 0 radical (unpaired) electrons. The van der Waals surface area contributed by atoms with Crippen LogP contribution in [0.3, 0.4) is 0 Å². The first kappa shape index (κ1) is 10.6. The summed E-state index contributed by atoms with van der Waals surface area (Å²) >= 11 is 0. The predicted octanol–water partition coefficient (Wildman–Crippen LogP) is 1.61. The SMILES string of the molecule is CCc1c(N)nnn1Cc1ccc(F)cc1. The zero-order valence-electron chi connectivity index (χ0n) is 9.02. The van der Waals surface area contributed by atoms with E-state index in [2.05, 4.69) is 10.3 Å². The maximum Gasteiger partial charge on any atom is 0.169 e. The van der Waals surface area contributed by atoms with Gasteiger partial charge in [0.15, 0.2) is 5.82 Å². The van der Waals surface area contributed by atoms with Crippen LogP contribution >= 0.6 is 0 Å². The Hall–Kier alpha value is -1.91. The summed E-state index contributed by atoms with van der Waals surface area (Å²) in [6, 6.07) is 6.32. The smallest absolute Gasteiger partial charge is 0.169 e. The molecule has 0 bridgehead atoms. The number of hydrogen-bond donors (Lipinski definition) is 1.